The highest BCUT2D eigenvalue weighted by Gasteiger charge is 2.19. The van der Waals surface area contributed by atoms with Crippen molar-refractivity contribution in [3.63, 3.8) is 0 Å². The molecule has 0 aliphatic carbocycles. The van der Waals surface area contributed by atoms with Crippen molar-refractivity contribution < 1.29 is 9.59 Å². The molecule has 4 aromatic rings. The summed E-state index contributed by atoms with van der Waals surface area (Å²) < 4.78 is 2.39. The molecule has 0 aliphatic rings. The number of nitrogens with one attached hydrogen (secondary N) is 1. The minimum absolute atomic E-state index is 0.000362. The van der Waals surface area contributed by atoms with Gasteiger partial charge in [0.2, 0.25) is 11.3 Å². The fraction of sp³-hybridized carbons (Fsp3) is 0.0833. The summed E-state index contributed by atoms with van der Waals surface area (Å²) in [6, 6.07) is 19.2. The molecule has 0 saturated heterocycles. The zero-order valence-corrected chi connectivity index (χ0v) is 18.2. The van der Waals surface area contributed by atoms with E-state index in [2.05, 4.69) is 26.2 Å². The van der Waals surface area contributed by atoms with Crippen molar-refractivity contribution in [3.8, 4) is 0 Å². The van der Waals surface area contributed by atoms with E-state index >= 15 is 0 Å². The van der Waals surface area contributed by atoms with E-state index in [4.69, 9.17) is 0 Å². The number of amides is 1. The van der Waals surface area contributed by atoms with Gasteiger partial charge < -0.3 is 9.88 Å². The first-order valence-electron chi connectivity index (χ1n) is 9.58. The minimum atomic E-state index is -0.403. The Balaban J connectivity index is 1.77. The first kappa shape index (κ1) is 20.7. The van der Waals surface area contributed by atoms with Gasteiger partial charge in [-0.05, 0) is 37.3 Å². The molecule has 0 spiro atoms. The van der Waals surface area contributed by atoms with E-state index in [-0.39, 0.29) is 18.0 Å². The Morgan fingerprint density at radius 1 is 1.03 bits per heavy atom. The number of rotatable bonds is 5. The Bertz CT molecular complexity index is 1360. The number of aryl methyl sites for hydroxylation is 1. The highest BCUT2D eigenvalue weighted by atomic mass is 79.9. The number of halogens is 1. The van der Waals surface area contributed by atoms with E-state index in [0.717, 1.165) is 4.47 Å². The van der Waals surface area contributed by atoms with Gasteiger partial charge in [0, 0.05) is 27.6 Å². The maximum absolute atomic E-state index is 13.0. The van der Waals surface area contributed by atoms with Gasteiger partial charge in [0.15, 0.2) is 5.78 Å². The van der Waals surface area contributed by atoms with Gasteiger partial charge in [-0.2, -0.15) is 0 Å². The molecule has 0 aliphatic heterocycles. The van der Waals surface area contributed by atoms with E-state index in [0.29, 0.717) is 28.0 Å². The molecule has 2 aromatic carbocycles. The van der Waals surface area contributed by atoms with Gasteiger partial charge in [-0.1, -0.05) is 52.3 Å². The number of fused-ring (bicyclic) bond motifs is 1. The fourth-order valence-corrected chi connectivity index (χ4v) is 3.71. The van der Waals surface area contributed by atoms with Crippen LogP contribution >= 0.6 is 15.9 Å². The average molecular weight is 476 g/mol. The monoisotopic (exact) mass is 475 g/mol. The topological polar surface area (TPSA) is 81.1 Å². The second-order valence-corrected chi connectivity index (χ2v) is 7.99. The average Bonchev–Trinajstić information content (AvgIpc) is 2.75. The largest absolute Gasteiger partial charge is 0.324 e. The molecular formula is C24H18BrN3O3. The molecule has 6 nitrogen and oxygen atoms in total. The molecule has 0 radical (unpaired) electrons. The minimum Gasteiger partial charge on any atom is -0.324 e. The Labute approximate surface area is 186 Å². The highest BCUT2D eigenvalue weighted by Crippen LogP contribution is 2.17. The standard InChI is InChI=1S/C24H18BrN3O3/c1-15-10-11-19-23(31)20(22(30)16-6-3-2-4-7-16)13-28(24(19)26-15)14-21(29)27-18-9-5-8-17(25)12-18/h2-13H,14H2,1H3,(H,27,29). The predicted octanol–water partition coefficient (Wildman–Crippen LogP) is 4.34. The van der Waals surface area contributed by atoms with Crippen molar-refractivity contribution >= 4 is 44.3 Å². The summed E-state index contributed by atoms with van der Waals surface area (Å²) in [6.45, 7) is 1.70. The van der Waals surface area contributed by atoms with Crippen molar-refractivity contribution in [2.75, 3.05) is 5.32 Å². The molecular weight excluding hydrogens is 458 g/mol. The molecule has 0 unspecified atom stereocenters. The first-order valence-corrected chi connectivity index (χ1v) is 10.4. The maximum Gasteiger partial charge on any atom is 0.244 e. The summed E-state index contributed by atoms with van der Waals surface area (Å²) in [5.74, 6) is -0.696. The Morgan fingerprint density at radius 3 is 2.55 bits per heavy atom. The number of pyridine rings is 2. The summed E-state index contributed by atoms with van der Waals surface area (Å²) in [6.07, 6.45) is 1.42. The molecule has 31 heavy (non-hydrogen) atoms. The quantitative estimate of drug-likeness (QED) is 0.435. The van der Waals surface area contributed by atoms with Crippen molar-refractivity contribution in [3.05, 3.63) is 104 Å². The summed E-state index contributed by atoms with van der Waals surface area (Å²) in [7, 11) is 0. The Morgan fingerprint density at radius 2 is 1.81 bits per heavy atom. The van der Waals surface area contributed by atoms with Gasteiger partial charge in [0.05, 0.1) is 10.9 Å². The highest BCUT2D eigenvalue weighted by molar-refractivity contribution is 9.10. The summed E-state index contributed by atoms with van der Waals surface area (Å²) in [5.41, 5.74) is 1.70. The number of benzene rings is 2. The van der Waals surface area contributed by atoms with Gasteiger partial charge in [0.1, 0.15) is 12.2 Å². The maximum atomic E-state index is 13.0. The van der Waals surface area contributed by atoms with Crippen LogP contribution in [0.3, 0.4) is 0 Å². The fourth-order valence-electron chi connectivity index (χ4n) is 3.31. The van der Waals surface area contributed by atoms with Crippen LogP contribution in [-0.4, -0.2) is 21.2 Å². The molecule has 1 N–H and O–H groups in total. The first-order chi connectivity index (χ1) is 14.9. The van der Waals surface area contributed by atoms with Crippen LogP contribution in [0.4, 0.5) is 5.69 Å². The number of hydrogen-bond acceptors (Lipinski definition) is 4. The van der Waals surface area contributed by atoms with Crippen LogP contribution in [0.25, 0.3) is 11.0 Å². The molecule has 0 bridgehead atoms. The molecule has 154 valence electrons. The van der Waals surface area contributed by atoms with Crippen molar-refractivity contribution in [2.24, 2.45) is 0 Å². The predicted molar refractivity (Wildman–Crippen MR) is 123 cm³/mol. The van der Waals surface area contributed by atoms with Crippen molar-refractivity contribution in [1.82, 2.24) is 9.55 Å². The summed E-state index contributed by atoms with van der Waals surface area (Å²) >= 11 is 3.38. The molecule has 7 heteroatoms. The van der Waals surface area contributed by atoms with E-state index in [1.165, 1.54) is 6.20 Å². The molecule has 0 fully saturated rings. The van der Waals surface area contributed by atoms with E-state index in [1.807, 2.05) is 12.1 Å². The lowest BCUT2D eigenvalue weighted by Gasteiger charge is -2.13. The lowest BCUT2D eigenvalue weighted by molar-refractivity contribution is -0.116. The third-order valence-electron chi connectivity index (χ3n) is 4.76. The van der Waals surface area contributed by atoms with Crippen LogP contribution < -0.4 is 10.7 Å². The number of carbonyl (C=O) groups excluding carboxylic acids is 2. The number of carbonyl (C=O) groups is 2. The van der Waals surface area contributed by atoms with Crippen molar-refractivity contribution in [1.29, 1.82) is 0 Å². The molecule has 1 amide bonds. The SMILES string of the molecule is Cc1ccc2c(=O)c(C(=O)c3ccccc3)cn(CC(=O)Nc3cccc(Br)c3)c2n1. The number of ketones is 1. The Kier molecular flexibility index (Phi) is 5.77. The van der Waals surface area contributed by atoms with Crippen molar-refractivity contribution in [2.45, 2.75) is 13.5 Å². The molecule has 4 rings (SSSR count). The van der Waals surface area contributed by atoms with Gasteiger partial charge in [0.25, 0.3) is 0 Å². The van der Waals surface area contributed by atoms with Crippen LogP contribution in [0.15, 0.2) is 82.2 Å². The number of aromatic nitrogens is 2. The van der Waals surface area contributed by atoms with E-state index in [1.54, 1.807) is 66.1 Å². The van der Waals surface area contributed by atoms with Gasteiger partial charge >= 0.3 is 0 Å². The lowest BCUT2D eigenvalue weighted by Crippen LogP contribution is -2.25. The van der Waals surface area contributed by atoms with Crippen LogP contribution in [0.5, 0.6) is 0 Å². The zero-order valence-electron chi connectivity index (χ0n) is 16.6. The molecule has 2 heterocycles. The lowest BCUT2D eigenvalue weighted by atomic mass is 10.0. The van der Waals surface area contributed by atoms with Crippen LogP contribution in [-0.2, 0) is 11.3 Å². The van der Waals surface area contributed by atoms with E-state index < -0.39 is 11.2 Å². The third-order valence-corrected chi connectivity index (χ3v) is 5.26. The van der Waals surface area contributed by atoms with Crippen LogP contribution in [0.1, 0.15) is 21.6 Å². The van der Waals surface area contributed by atoms with Gasteiger partial charge in [-0.15, -0.1) is 0 Å². The number of anilines is 1. The molecule has 0 atom stereocenters. The van der Waals surface area contributed by atoms with Crippen LogP contribution in [0.2, 0.25) is 0 Å². The van der Waals surface area contributed by atoms with Gasteiger partial charge in [-0.3, -0.25) is 14.4 Å². The summed E-state index contributed by atoms with van der Waals surface area (Å²) in [4.78, 5) is 43.2. The third kappa shape index (κ3) is 4.46. The number of nitrogens with zero attached hydrogens (tertiary/aromatic N) is 2. The molecule has 2 aromatic heterocycles. The van der Waals surface area contributed by atoms with E-state index in [9.17, 15) is 14.4 Å². The molecule has 0 saturated carbocycles. The normalized spacial score (nSPS) is 10.8. The summed E-state index contributed by atoms with van der Waals surface area (Å²) in [5, 5.41) is 3.12. The zero-order chi connectivity index (χ0) is 22.0. The number of hydrogen-bond donors (Lipinski definition) is 1. The Hall–Kier alpha value is -3.58. The smallest absolute Gasteiger partial charge is 0.244 e. The second-order valence-electron chi connectivity index (χ2n) is 7.08. The van der Waals surface area contributed by atoms with Crippen LogP contribution in [0, 0.1) is 6.92 Å². The second kappa shape index (κ2) is 8.65. The van der Waals surface area contributed by atoms with Gasteiger partial charge in [-0.25, -0.2) is 4.98 Å².